The number of aryl methyl sites for hydroxylation is 2. The average molecular weight is 432 g/mol. The lowest BCUT2D eigenvalue weighted by Crippen LogP contribution is -2.22. The van der Waals surface area contributed by atoms with Gasteiger partial charge in [0, 0.05) is 29.3 Å². The first-order chi connectivity index (χ1) is 15.5. The van der Waals surface area contributed by atoms with E-state index in [0.29, 0.717) is 47.0 Å². The highest BCUT2D eigenvalue weighted by molar-refractivity contribution is 6.09. The molecule has 0 spiro atoms. The van der Waals surface area contributed by atoms with Gasteiger partial charge in [0.25, 0.3) is 11.8 Å². The molecule has 0 fully saturated rings. The van der Waals surface area contributed by atoms with Gasteiger partial charge in [-0.1, -0.05) is 12.1 Å². The molecule has 8 heteroatoms. The predicted molar refractivity (Wildman–Crippen MR) is 120 cm³/mol. The molecule has 1 aromatic carbocycles. The Hall–Kier alpha value is -3.94. The molecule has 2 amide bonds. The van der Waals surface area contributed by atoms with E-state index < -0.39 is 0 Å². The molecular formula is C24H24N4O4. The minimum Gasteiger partial charge on any atom is -0.497 e. The van der Waals surface area contributed by atoms with Crippen molar-refractivity contribution in [2.75, 3.05) is 12.4 Å². The molecule has 0 saturated heterocycles. The number of hydrogen-bond donors (Lipinski definition) is 2. The molecule has 2 heterocycles. The first-order valence-corrected chi connectivity index (χ1v) is 10.3. The Bertz CT molecular complexity index is 1210. The maximum atomic E-state index is 12.9. The first kappa shape index (κ1) is 21.3. The Morgan fingerprint density at radius 3 is 2.75 bits per heavy atom. The monoisotopic (exact) mass is 432 g/mol. The van der Waals surface area contributed by atoms with Crippen molar-refractivity contribution >= 4 is 23.3 Å². The lowest BCUT2D eigenvalue weighted by molar-refractivity contribution is 0.0953. The van der Waals surface area contributed by atoms with Gasteiger partial charge >= 0.3 is 0 Å². The standard InChI is InChI=1S/C24H24N4O4/c1-14-7-6-12-25-22(14)26-24(30)21-15(2)20-18(10-5-11-19(20)32-21)27-28-23(29)16-8-4-9-17(13-16)31-3/h4,6-9,12-13H,5,10-11H2,1-3H3,(H,28,29)(H,25,26,30)/b27-18+. The van der Waals surface area contributed by atoms with Gasteiger partial charge < -0.3 is 14.5 Å². The number of aromatic nitrogens is 1. The third-order valence-corrected chi connectivity index (χ3v) is 5.40. The predicted octanol–water partition coefficient (Wildman–Crippen LogP) is 4.02. The third kappa shape index (κ3) is 4.25. The topological polar surface area (TPSA) is 106 Å². The van der Waals surface area contributed by atoms with Crippen molar-refractivity contribution in [1.29, 1.82) is 0 Å². The summed E-state index contributed by atoms with van der Waals surface area (Å²) in [6, 6.07) is 10.5. The van der Waals surface area contributed by atoms with E-state index in [1.165, 1.54) is 0 Å². The fraction of sp³-hybridized carbons (Fsp3) is 0.250. The summed E-state index contributed by atoms with van der Waals surface area (Å²) in [6.45, 7) is 3.70. The first-order valence-electron chi connectivity index (χ1n) is 10.3. The molecule has 164 valence electrons. The van der Waals surface area contributed by atoms with Crippen molar-refractivity contribution in [2.24, 2.45) is 5.10 Å². The molecule has 3 aromatic rings. The number of anilines is 1. The summed E-state index contributed by atoms with van der Waals surface area (Å²) in [6.07, 6.45) is 3.81. The van der Waals surface area contributed by atoms with Gasteiger partial charge in [-0.2, -0.15) is 5.10 Å². The van der Waals surface area contributed by atoms with Crippen molar-refractivity contribution in [3.63, 3.8) is 0 Å². The van der Waals surface area contributed by atoms with Crippen LogP contribution in [-0.4, -0.2) is 29.6 Å². The van der Waals surface area contributed by atoms with Crippen LogP contribution in [0.2, 0.25) is 0 Å². The maximum absolute atomic E-state index is 12.9. The number of amides is 2. The van der Waals surface area contributed by atoms with Gasteiger partial charge in [-0.25, -0.2) is 10.4 Å². The number of hydrazone groups is 1. The van der Waals surface area contributed by atoms with Crippen molar-refractivity contribution in [3.8, 4) is 5.75 Å². The summed E-state index contributed by atoms with van der Waals surface area (Å²) in [5.74, 6) is 1.31. The molecule has 2 aromatic heterocycles. The summed E-state index contributed by atoms with van der Waals surface area (Å²) in [5.41, 5.74) is 6.09. The molecule has 1 aliphatic rings. The number of hydrogen-bond acceptors (Lipinski definition) is 6. The van der Waals surface area contributed by atoms with Crippen LogP contribution in [0.25, 0.3) is 0 Å². The fourth-order valence-corrected chi connectivity index (χ4v) is 3.72. The van der Waals surface area contributed by atoms with Crippen molar-refractivity contribution in [2.45, 2.75) is 33.1 Å². The summed E-state index contributed by atoms with van der Waals surface area (Å²) in [5, 5.41) is 7.17. The van der Waals surface area contributed by atoms with E-state index in [2.05, 4.69) is 20.8 Å². The maximum Gasteiger partial charge on any atom is 0.292 e. The number of pyridine rings is 1. The lowest BCUT2D eigenvalue weighted by Gasteiger charge is -2.13. The van der Waals surface area contributed by atoms with Gasteiger partial charge in [-0.3, -0.25) is 9.59 Å². The molecule has 1 aliphatic carbocycles. The van der Waals surface area contributed by atoms with E-state index in [0.717, 1.165) is 17.5 Å². The number of furan rings is 1. The van der Waals surface area contributed by atoms with E-state index in [-0.39, 0.29) is 17.6 Å². The van der Waals surface area contributed by atoms with Crippen LogP contribution in [0.3, 0.4) is 0 Å². The molecule has 0 bridgehead atoms. The Labute approximate surface area is 185 Å². The van der Waals surface area contributed by atoms with E-state index in [1.54, 1.807) is 37.6 Å². The van der Waals surface area contributed by atoms with Gasteiger partial charge in [-0.05, 0) is 56.5 Å². The Balaban J connectivity index is 1.57. The quantitative estimate of drug-likeness (QED) is 0.592. The second-order valence-electron chi connectivity index (χ2n) is 7.56. The molecule has 0 radical (unpaired) electrons. The molecule has 0 atom stereocenters. The lowest BCUT2D eigenvalue weighted by atomic mass is 9.93. The van der Waals surface area contributed by atoms with E-state index in [1.807, 2.05) is 26.0 Å². The SMILES string of the molecule is COc1cccc(C(=O)N/N=C2\CCCc3oc(C(=O)Nc4ncccc4C)c(C)c32)c1. The molecule has 0 saturated carbocycles. The van der Waals surface area contributed by atoms with Crippen molar-refractivity contribution in [3.05, 3.63) is 76.4 Å². The zero-order valence-corrected chi connectivity index (χ0v) is 18.2. The number of fused-ring (bicyclic) bond motifs is 1. The number of carbonyl (C=O) groups excluding carboxylic acids is 2. The Kier molecular flexibility index (Phi) is 6.02. The molecule has 0 aliphatic heterocycles. The third-order valence-electron chi connectivity index (χ3n) is 5.40. The minimum atomic E-state index is -0.363. The number of methoxy groups -OCH3 is 1. The van der Waals surface area contributed by atoms with E-state index in [4.69, 9.17) is 9.15 Å². The van der Waals surface area contributed by atoms with Crippen LogP contribution >= 0.6 is 0 Å². The van der Waals surface area contributed by atoms with Crippen LogP contribution < -0.4 is 15.5 Å². The van der Waals surface area contributed by atoms with E-state index in [9.17, 15) is 9.59 Å². The molecule has 32 heavy (non-hydrogen) atoms. The van der Waals surface area contributed by atoms with Crippen LogP contribution in [0.15, 0.2) is 52.1 Å². The highest BCUT2D eigenvalue weighted by Gasteiger charge is 2.28. The number of ether oxygens (including phenoxy) is 1. The van der Waals surface area contributed by atoms with E-state index >= 15 is 0 Å². The Morgan fingerprint density at radius 2 is 1.97 bits per heavy atom. The van der Waals surface area contributed by atoms with Crippen molar-refractivity contribution < 1.29 is 18.7 Å². The zero-order valence-electron chi connectivity index (χ0n) is 18.2. The smallest absolute Gasteiger partial charge is 0.292 e. The summed E-state index contributed by atoms with van der Waals surface area (Å²) < 4.78 is 11.1. The van der Waals surface area contributed by atoms with Crippen molar-refractivity contribution in [1.82, 2.24) is 10.4 Å². The van der Waals surface area contributed by atoms with Gasteiger partial charge in [0.15, 0.2) is 5.76 Å². The number of benzene rings is 1. The average Bonchev–Trinajstić information content (AvgIpc) is 3.16. The van der Waals surface area contributed by atoms with Gasteiger partial charge in [0.1, 0.15) is 17.3 Å². The minimum absolute atomic E-state index is 0.230. The summed E-state index contributed by atoms with van der Waals surface area (Å²) in [7, 11) is 1.55. The van der Waals surface area contributed by atoms with Crippen LogP contribution in [-0.2, 0) is 6.42 Å². The van der Waals surface area contributed by atoms with Gasteiger partial charge in [0.05, 0.1) is 12.8 Å². The van der Waals surface area contributed by atoms with Gasteiger partial charge in [-0.15, -0.1) is 0 Å². The number of rotatable bonds is 5. The highest BCUT2D eigenvalue weighted by atomic mass is 16.5. The van der Waals surface area contributed by atoms with Crippen LogP contribution in [0.4, 0.5) is 5.82 Å². The molecular weight excluding hydrogens is 408 g/mol. The van der Waals surface area contributed by atoms with Crippen LogP contribution in [0, 0.1) is 13.8 Å². The summed E-state index contributed by atoms with van der Waals surface area (Å²) >= 11 is 0. The number of nitrogens with zero attached hydrogens (tertiary/aromatic N) is 2. The largest absolute Gasteiger partial charge is 0.497 e. The fourth-order valence-electron chi connectivity index (χ4n) is 3.72. The van der Waals surface area contributed by atoms with Crippen LogP contribution in [0.1, 0.15) is 56.2 Å². The number of carbonyl (C=O) groups is 2. The molecule has 0 unspecified atom stereocenters. The highest BCUT2D eigenvalue weighted by Crippen LogP contribution is 2.30. The summed E-state index contributed by atoms with van der Waals surface area (Å²) in [4.78, 5) is 29.6. The normalized spacial score (nSPS) is 14.0. The second-order valence-corrected chi connectivity index (χ2v) is 7.56. The second kappa shape index (κ2) is 9.05. The molecule has 2 N–H and O–H groups in total. The molecule has 8 nitrogen and oxygen atoms in total. The zero-order chi connectivity index (χ0) is 22.7. The number of nitrogens with one attached hydrogen (secondary N) is 2. The molecule has 4 rings (SSSR count). The van der Waals surface area contributed by atoms with Gasteiger partial charge in [0.2, 0.25) is 0 Å². The Morgan fingerprint density at radius 1 is 1.12 bits per heavy atom. The van der Waals surface area contributed by atoms with Crippen LogP contribution in [0.5, 0.6) is 5.75 Å².